The number of nitrogens with one attached hydrogen (secondary N) is 1. The van der Waals surface area contributed by atoms with E-state index in [0.717, 1.165) is 26.0 Å². The third-order valence-electron chi connectivity index (χ3n) is 3.50. The van der Waals surface area contributed by atoms with Gasteiger partial charge in [0.15, 0.2) is 6.29 Å². The molecule has 1 aliphatic heterocycles. The van der Waals surface area contributed by atoms with Crippen molar-refractivity contribution in [2.45, 2.75) is 58.5 Å². The van der Waals surface area contributed by atoms with Gasteiger partial charge < -0.3 is 19.5 Å². The van der Waals surface area contributed by atoms with Crippen LogP contribution in [-0.2, 0) is 14.2 Å². The maximum atomic E-state index is 5.60. The van der Waals surface area contributed by atoms with E-state index in [4.69, 9.17) is 14.2 Å². The highest BCUT2D eigenvalue weighted by atomic mass is 16.7. The molecule has 0 aliphatic carbocycles. The number of hydrogen-bond acceptors (Lipinski definition) is 4. The Morgan fingerprint density at radius 3 is 2.47 bits per heavy atom. The predicted molar refractivity (Wildman–Crippen MR) is 68.1 cm³/mol. The van der Waals surface area contributed by atoms with Crippen molar-refractivity contribution in [3.8, 4) is 0 Å². The van der Waals surface area contributed by atoms with Crippen LogP contribution in [0.5, 0.6) is 0 Å². The third kappa shape index (κ3) is 4.54. The lowest BCUT2D eigenvalue weighted by Gasteiger charge is -2.30. The van der Waals surface area contributed by atoms with E-state index in [2.05, 4.69) is 19.2 Å². The summed E-state index contributed by atoms with van der Waals surface area (Å²) in [6.45, 7) is 11.5. The van der Waals surface area contributed by atoms with E-state index in [1.165, 1.54) is 0 Å². The second-order valence-corrected chi connectivity index (χ2v) is 4.74. The molecular formula is C13H27NO3. The maximum Gasteiger partial charge on any atom is 0.158 e. The molecule has 1 aliphatic rings. The quantitative estimate of drug-likeness (QED) is 0.663. The van der Waals surface area contributed by atoms with E-state index in [1.54, 1.807) is 0 Å². The Morgan fingerprint density at radius 2 is 2.00 bits per heavy atom. The smallest absolute Gasteiger partial charge is 0.158 e. The standard InChI is InChI=1S/C13H27NO3/c1-5-15-12(16-6-2)7-9-14-13(4)8-10-17-11(13)3/h11-12,14H,5-10H2,1-4H3. The van der Waals surface area contributed by atoms with Gasteiger partial charge in [0.05, 0.1) is 6.10 Å². The molecule has 4 nitrogen and oxygen atoms in total. The van der Waals surface area contributed by atoms with Gasteiger partial charge in [0.1, 0.15) is 0 Å². The second kappa shape index (κ2) is 7.31. The molecule has 0 radical (unpaired) electrons. The highest BCUT2D eigenvalue weighted by Crippen LogP contribution is 2.24. The van der Waals surface area contributed by atoms with Crippen LogP contribution in [0, 0.1) is 0 Å². The van der Waals surface area contributed by atoms with E-state index in [0.29, 0.717) is 13.2 Å². The van der Waals surface area contributed by atoms with Crippen LogP contribution >= 0.6 is 0 Å². The van der Waals surface area contributed by atoms with Crippen LogP contribution < -0.4 is 5.32 Å². The van der Waals surface area contributed by atoms with Crippen molar-refractivity contribution in [3.05, 3.63) is 0 Å². The molecular weight excluding hydrogens is 218 g/mol. The lowest BCUT2D eigenvalue weighted by Crippen LogP contribution is -2.48. The molecule has 17 heavy (non-hydrogen) atoms. The van der Waals surface area contributed by atoms with Crippen molar-refractivity contribution in [2.24, 2.45) is 0 Å². The van der Waals surface area contributed by atoms with Crippen molar-refractivity contribution in [1.82, 2.24) is 5.32 Å². The first-order valence-corrected chi connectivity index (χ1v) is 6.72. The summed E-state index contributed by atoms with van der Waals surface area (Å²) in [7, 11) is 0. The number of hydrogen-bond donors (Lipinski definition) is 1. The molecule has 0 amide bonds. The van der Waals surface area contributed by atoms with Gasteiger partial charge in [-0.05, 0) is 34.1 Å². The van der Waals surface area contributed by atoms with Gasteiger partial charge >= 0.3 is 0 Å². The molecule has 4 heteroatoms. The van der Waals surface area contributed by atoms with Gasteiger partial charge in [0.25, 0.3) is 0 Å². The first kappa shape index (κ1) is 14.9. The zero-order valence-electron chi connectivity index (χ0n) is 11.6. The summed E-state index contributed by atoms with van der Waals surface area (Å²) in [5.74, 6) is 0. The zero-order valence-corrected chi connectivity index (χ0v) is 11.6. The first-order chi connectivity index (χ1) is 8.12. The van der Waals surface area contributed by atoms with E-state index in [-0.39, 0.29) is 17.9 Å². The van der Waals surface area contributed by atoms with E-state index >= 15 is 0 Å². The van der Waals surface area contributed by atoms with Gasteiger partial charge in [0, 0.05) is 38.3 Å². The monoisotopic (exact) mass is 245 g/mol. The summed E-state index contributed by atoms with van der Waals surface area (Å²) < 4.78 is 16.6. The van der Waals surface area contributed by atoms with Crippen molar-refractivity contribution in [3.63, 3.8) is 0 Å². The largest absolute Gasteiger partial charge is 0.377 e. The Bertz CT molecular complexity index is 207. The average Bonchev–Trinajstić information content (AvgIpc) is 2.60. The molecule has 1 heterocycles. The molecule has 0 aromatic rings. The Kier molecular flexibility index (Phi) is 6.41. The van der Waals surface area contributed by atoms with Gasteiger partial charge in [-0.2, -0.15) is 0 Å². The van der Waals surface area contributed by atoms with Crippen molar-refractivity contribution < 1.29 is 14.2 Å². The second-order valence-electron chi connectivity index (χ2n) is 4.74. The van der Waals surface area contributed by atoms with Crippen LogP contribution in [0.15, 0.2) is 0 Å². The minimum absolute atomic E-state index is 0.0845. The summed E-state index contributed by atoms with van der Waals surface area (Å²) in [5.41, 5.74) is 0.100. The van der Waals surface area contributed by atoms with Gasteiger partial charge in [-0.3, -0.25) is 0 Å². The highest BCUT2D eigenvalue weighted by molar-refractivity contribution is 4.93. The van der Waals surface area contributed by atoms with E-state index in [1.807, 2.05) is 13.8 Å². The Balaban J connectivity index is 2.25. The summed E-state index contributed by atoms with van der Waals surface area (Å²) in [4.78, 5) is 0. The van der Waals surface area contributed by atoms with Gasteiger partial charge in [-0.25, -0.2) is 0 Å². The number of ether oxygens (including phenoxy) is 3. The third-order valence-corrected chi connectivity index (χ3v) is 3.50. The normalized spacial score (nSPS) is 29.1. The minimum atomic E-state index is -0.0845. The highest BCUT2D eigenvalue weighted by Gasteiger charge is 2.36. The molecule has 1 fully saturated rings. The first-order valence-electron chi connectivity index (χ1n) is 6.72. The fraction of sp³-hybridized carbons (Fsp3) is 1.00. The summed E-state index contributed by atoms with van der Waals surface area (Å²) in [5, 5.41) is 3.57. The Hall–Kier alpha value is -0.160. The van der Waals surface area contributed by atoms with E-state index in [9.17, 15) is 0 Å². The zero-order chi connectivity index (χ0) is 12.7. The van der Waals surface area contributed by atoms with Crippen LogP contribution in [0.4, 0.5) is 0 Å². The Morgan fingerprint density at radius 1 is 1.35 bits per heavy atom. The molecule has 2 unspecified atom stereocenters. The molecule has 1 saturated heterocycles. The lowest BCUT2D eigenvalue weighted by molar-refractivity contribution is -0.139. The predicted octanol–water partition coefficient (Wildman–Crippen LogP) is 1.93. The van der Waals surface area contributed by atoms with Gasteiger partial charge in [-0.15, -0.1) is 0 Å². The molecule has 2 atom stereocenters. The maximum absolute atomic E-state index is 5.60. The van der Waals surface area contributed by atoms with Crippen LogP contribution in [0.1, 0.15) is 40.5 Å². The van der Waals surface area contributed by atoms with Crippen molar-refractivity contribution in [1.29, 1.82) is 0 Å². The molecule has 102 valence electrons. The van der Waals surface area contributed by atoms with Gasteiger partial charge in [0.2, 0.25) is 0 Å². The van der Waals surface area contributed by atoms with Crippen LogP contribution in [-0.4, -0.2) is 44.3 Å². The van der Waals surface area contributed by atoms with E-state index < -0.39 is 0 Å². The Labute approximate surface area is 105 Å². The molecule has 1 rings (SSSR count). The fourth-order valence-electron chi connectivity index (χ4n) is 2.13. The lowest BCUT2D eigenvalue weighted by atomic mass is 9.94. The van der Waals surface area contributed by atoms with Crippen molar-refractivity contribution >= 4 is 0 Å². The molecule has 0 spiro atoms. The molecule has 0 bridgehead atoms. The topological polar surface area (TPSA) is 39.7 Å². The molecule has 1 N–H and O–H groups in total. The minimum Gasteiger partial charge on any atom is -0.377 e. The average molecular weight is 245 g/mol. The summed E-state index contributed by atoms with van der Waals surface area (Å²) in [6.07, 6.45) is 2.14. The molecule has 0 aromatic carbocycles. The van der Waals surface area contributed by atoms with Crippen LogP contribution in [0.25, 0.3) is 0 Å². The SMILES string of the molecule is CCOC(CCNC1(C)CCOC1C)OCC. The summed E-state index contributed by atoms with van der Waals surface area (Å²) >= 11 is 0. The number of rotatable bonds is 8. The van der Waals surface area contributed by atoms with Crippen LogP contribution in [0.2, 0.25) is 0 Å². The molecule has 0 saturated carbocycles. The fourth-order valence-corrected chi connectivity index (χ4v) is 2.13. The summed E-state index contributed by atoms with van der Waals surface area (Å²) in [6, 6.07) is 0. The van der Waals surface area contributed by atoms with Crippen molar-refractivity contribution in [2.75, 3.05) is 26.4 Å². The van der Waals surface area contributed by atoms with Crippen LogP contribution in [0.3, 0.4) is 0 Å². The van der Waals surface area contributed by atoms with Gasteiger partial charge in [-0.1, -0.05) is 0 Å². The molecule has 0 aromatic heterocycles.